The van der Waals surface area contributed by atoms with Gasteiger partial charge >= 0.3 is 10.4 Å². The van der Waals surface area contributed by atoms with Gasteiger partial charge in [-0.05, 0) is 43.4 Å². The van der Waals surface area contributed by atoms with Gasteiger partial charge in [-0.15, -0.1) is 0 Å². The lowest BCUT2D eigenvalue weighted by molar-refractivity contribution is 0.385. The average Bonchev–Trinajstić information content (AvgIpc) is 2.85. The maximum atomic E-state index is 11.0. The fourth-order valence-electron chi connectivity index (χ4n) is 3.73. The second-order valence-corrected chi connectivity index (χ2v) is 7.89. The van der Waals surface area contributed by atoms with Crippen molar-refractivity contribution in [1.82, 2.24) is 4.90 Å². The van der Waals surface area contributed by atoms with E-state index in [9.17, 15) is 8.42 Å². The first-order valence-corrected chi connectivity index (χ1v) is 9.51. The standard InChI is InChI=1S/C17H16ClNO5S/c1-19-8-14-12-6-10(18)2-4-16(12)23-17-5-3-11(24-25(20,21)22)7-13(17)15(14)9-19/h2-7,14-15H,8-9H2,1H3,(H,20,21,22)/t14-,15-/m1/s1. The molecule has 2 heterocycles. The van der Waals surface area contributed by atoms with E-state index < -0.39 is 10.4 Å². The molecule has 2 aliphatic heterocycles. The topological polar surface area (TPSA) is 76.1 Å². The van der Waals surface area contributed by atoms with Crippen molar-refractivity contribution in [1.29, 1.82) is 0 Å². The molecule has 4 rings (SSSR count). The minimum Gasteiger partial charge on any atom is -0.457 e. The predicted octanol–water partition coefficient (Wildman–Crippen LogP) is 3.44. The lowest BCUT2D eigenvalue weighted by atomic mass is 9.84. The fraction of sp³-hybridized carbons (Fsp3) is 0.294. The van der Waals surface area contributed by atoms with Gasteiger partial charge in [0.25, 0.3) is 0 Å². The van der Waals surface area contributed by atoms with Gasteiger partial charge in [-0.1, -0.05) is 11.6 Å². The molecule has 0 bridgehead atoms. The summed E-state index contributed by atoms with van der Waals surface area (Å²) < 4.78 is 41.6. The highest BCUT2D eigenvalue weighted by Gasteiger charge is 2.39. The number of fused-ring (bicyclic) bond motifs is 5. The van der Waals surface area contributed by atoms with E-state index in [0.717, 1.165) is 30.0 Å². The molecular formula is C17H16ClNO5S. The summed E-state index contributed by atoms with van der Waals surface area (Å²) in [7, 11) is -2.53. The number of rotatable bonds is 2. The van der Waals surface area contributed by atoms with E-state index in [2.05, 4.69) is 9.08 Å². The SMILES string of the molecule is CN1C[C@@H]2c3cc(Cl)ccc3Oc3ccc(OS(=O)(=O)O)cc3[C@H]2C1. The number of likely N-dealkylation sites (N-methyl/N-ethyl adjacent to an activating group) is 1. The Morgan fingerprint density at radius 3 is 2.36 bits per heavy atom. The van der Waals surface area contributed by atoms with Gasteiger partial charge in [-0.2, -0.15) is 8.42 Å². The normalized spacial score (nSPS) is 22.4. The van der Waals surface area contributed by atoms with Crippen LogP contribution in [-0.2, 0) is 10.4 Å². The lowest BCUT2D eigenvalue weighted by Gasteiger charge is -2.17. The molecule has 2 aromatic rings. The van der Waals surface area contributed by atoms with Crippen LogP contribution in [0.5, 0.6) is 17.2 Å². The Hall–Kier alpha value is -1.80. The second kappa shape index (κ2) is 5.88. The van der Waals surface area contributed by atoms with Crippen molar-refractivity contribution < 1.29 is 21.9 Å². The van der Waals surface area contributed by atoms with Crippen LogP contribution < -0.4 is 8.92 Å². The van der Waals surface area contributed by atoms with E-state index in [4.69, 9.17) is 20.9 Å². The van der Waals surface area contributed by atoms with Gasteiger partial charge in [0.15, 0.2) is 0 Å². The monoisotopic (exact) mass is 381 g/mol. The van der Waals surface area contributed by atoms with Crippen molar-refractivity contribution in [2.45, 2.75) is 11.8 Å². The fourth-order valence-corrected chi connectivity index (χ4v) is 4.26. The van der Waals surface area contributed by atoms with Gasteiger partial charge in [0.05, 0.1) is 0 Å². The molecule has 2 atom stereocenters. The summed E-state index contributed by atoms with van der Waals surface area (Å²) in [6.45, 7) is 1.63. The van der Waals surface area contributed by atoms with Crippen molar-refractivity contribution in [2.75, 3.05) is 20.1 Å². The first-order chi connectivity index (χ1) is 11.8. The van der Waals surface area contributed by atoms with Crippen molar-refractivity contribution in [3.8, 4) is 17.2 Å². The summed E-state index contributed by atoms with van der Waals surface area (Å²) in [5, 5.41) is 0.650. The van der Waals surface area contributed by atoms with Gasteiger partial charge in [0.1, 0.15) is 17.2 Å². The van der Waals surface area contributed by atoms with E-state index in [-0.39, 0.29) is 17.6 Å². The van der Waals surface area contributed by atoms with Gasteiger partial charge in [-0.25, -0.2) is 0 Å². The largest absolute Gasteiger partial charge is 0.457 e. The van der Waals surface area contributed by atoms with Crippen molar-refractivity contribution in [3.63, 3.8) is 0 Å². The highest BCUT2D eigenvalue weighted by Crippen LogP contribution is 2.50. The Bertz CT molecular complexity index is 946. The summed E-state index contributed by atoms with van der Waals surface area (Å²) in [6, 6.07) is 10.3. The van der Waals surface area contributed by atoms with Crippen LogP contribution >= 0.6 is 11.6 Å². The number of benzene rings is 2. The molecular weight excluding hydrogens is 366 g/mol. The van der Waals surface area contributed by atoms with Gasteiger partial charge in [-0.3, -0.25) is 4.55 Å². The first-order valence-electron chi connectivity index (χ1n) is 7.77. The van der Waals surface area contributed by atoms with Crippen LogP contribution in [0.1, 0.15) is 23.0 Å². The van der Waals surface area contributed by atoms with Crippen molar-refractivity contribution >= 4 is 22.0 Å². The van der Waals surface area contributed by atoms with Crippen LogP contribution in [0.4, 0.5) is 0 Å². The van der Waals surface area contributed by atoms with Gasteiger partial charge in [0.2, 0.25) is 0 Å². The highest BCUT2D eigenvalue weighted by atomic mass is 35.5. The molecule has 1 saturated heterocycles. The molecule has 1 N–H and O–H groups in total. The van der Waals surface area contributed by atoms with Crippen LogP contribution in [0.15, 0.2) is 36.4 Å². The Balaban J connectivity index is 1.84. The number of halogens is 1. The van der Waals surface area contributed by atoms with E-state index in [0.29, 0.717) is 10.8 Å². The Kier molecular flexibility index (Phi) is 3.92. The van der Waals surface area contributed by atoms with Crippen LogP contribution in [-0.4, -0.2) is 38.0 Å². The molecule has 1 fully saturated rings. The quantitative estimate of drug-likeness (QED) is 0.803. The number of likely N-dealkylation sites (tertiary alicyclic amines) is 1. The van der Waals surface area contributed by atoms with E-state index in [1.54, 1.807) is 18.2 Å². The smallest absolute Gasteiger partial charge is 0.446 e. The average molecular weight is 382 g/mol. The predicted molar refractivity (Wildman–Crippen MR) is 93.1 cm³/mol. The molecule has 2 aromatic carbocycles. The number of ether oxygens (including phenoxy) is 1. The zero-order valence-corrected chi connectivity index (χ0v) is 14.9. The number of hydrogen-bond acceptors (Lipinski definition) is 5. The summed E-state index contributed by atoms with van der Waals surface area (Å²) >= 11 is 6.18. The maximum absolute atomic E-state index is 11.0. The molecule has 0 aromatic heterocycles. The molecule has 0 saturated carbocycles. The van der Waals surface area contributed by atoms with Gasteiger partial charge < -0.3 is 13.8 Å². The third-order valence-electron chi connectivity index (χ3n) is 4.68. The summed E-state index contributed by atoms with van der Waals surface area (Å²) in [5.41, 5.74) is 1.89. The third kappa shape index (κ3) is 3.20. The van der Waals surface area contributed by atoms with Crippen LogP contribution in [0.25, 0.3) is 0 Å². The lowest BCUT2D eigenvalue weighted by Crippen LogP contribution is -2.14. The van der Waals surface area contributed by atoms with Crippen molar-refractivity contribution in [3.05, 3.63) is 52.5 Å². The summed E-state index contributed by atoms with van der Waals surface area (Å²) in [6.07, 6.45) is 0. The molecule has 0 radical (unpaired) electrons. The van der Waals surface area contributed by atoms with E-state index in [1.807, 2.05) is 19.2 Å². The summed E-state index contributed by atoms with van der Waals surface area (Å²) in [4.78, 5) is 2.21. The zero-order chi connectivity index (χ0) is 17.8. The van der Waals surface area contributed by atoms with Crippen LogP contribution in [0, 0.1) is 0 Å². The van der Waals surface area contributed by atoms with Gasteiger partial charge in [0, 0.05) is 41.1 Å². The molecule has 0 aliphatic carbocycles. The maximum Gasteiger partial charge on any atom is 0.446 e. The summed E-state index contributed by atoms with van der Waals surface area (Å²) in [5.74, 6) is 1.72. The minimum absolute atomic E-state index is 0.0575. The van der Waals surface area contributed by atoms with Crippen LogP contribution in [0.3, 0.4) is 0 Å². The Morgan fingerprint density at radius 2 is 1.72 bits per heavy atom. The Labute approximate surface area is 150 Å². The zero-order valence-electron chi connectivity index (χ0n) is 13.3. The molecule has 8 heteroatoms. The van der Waals surface area contributed by atoms with Crippen LogP contribution in [0.2, 0.25) is 5.02 Å². The minimum atomic E-state index is -4.57. The van der Waals surface area contributed by atoms with E-state index in [1.165, 1.54) is 6.07 Å². The highest BCUT2D eigenvalue weighted by molar-refractivity contribution is 7.81. The molecule has 0 unspecified atom stereocenters. The molecule has 2 aliphatic rings. The number of nitrogens with zero attached hydrogens (tertiary/aromatic N) is 1. The molecule has 0 spiro atoms. The molecule has 132 valence electrons. The van der Waals surface area contributed by atoms with Crippen molar-refractivity contribution in [2.24, 2.45) is 0 Å². The second-order valence-electron chi connectivity index (χ2n) is 6.43. The van der Waals surface area contributed by atoms with E-state index >= 15 is 0 Å². The third-order valence-corrected chi connectivity index (χ3v) is 5.31. The Morgan fingerprint density at radius 1 is 1.12 bits per heavy atom. The number of hydrogen-bond donors (Lipinski definition) is 1. The molecule has 25 heavy (non-hydrogen) atoms. The molecule has 6 nitrogen and oxygen atoms in total. The molecule has 0 amide bonds. The first kappa shape index (κ1) is 16.7.